The van der Waals surface area contributed by atoms with Crippen molar-refractivity contribution < 1.29 is 0 Å². The van der Waals surface area contributed by atoms with Crippen LogP contribution < -0.4 is 0 Å². The number of nitrogens with zero attached hydrogens (tertiary/aromatic N) is 1. The Kier molecular flexibility index (Phi) is 14.7. The molecule has 0 saturated carbocycles. The highest BCUT2D eigenvalue weighted by Gasteiger charge is 2.30. The van der Waals surface area contributed by atoms with Crippen LogP contribution in [-0.2, 0) is 57.8 Å². The first-order valence-corrected chi connectivity index (χ1v) is 40.6. The molecule has 3 aromatic heterocycles. The molecule has 504 valence electrons. The number of thiophene rings is 2. The van der Waals surface area contributed by atoms with Gasteiger partial charge in [-0.05, 0) is 337 Å². The first kappa shape index (κ1) is 61.8. The van der Waals surface area contributed by atoms with Crippen LogP contribution in [0.4, 0.5) is 0 Å². The second kappa shape index (κ2) is 25.0. The van der Waals surface area contributed by atoms with Crippen LogP contribution in [0, 0.1) is 0 Å². The molecule has 0 spiro atoms. The van der Waals surface area contributed by atoms with Crippen LogP contribution in [0.5, 0.6) is 0 Å². The van der Waals surface area contributed by atoms with E-state index < -0.39 is 0 Å². The summed E-state index contributed by atoms with van der Waals surface area (Å²) in [5, 5.41) is 11.7. The summed E-state index contributed by atoms with van der Waals surface area (Å²) in [7, 11) is 0. The van der Waals surface area contributed by atoms with Gasteiger partial charge in [0.1, 0.15) is 0 Å². The average molecular weight is 1380 g/mol. The Hall–Kier alpha value is -10.7. The lowest BCUT2D eigenvalue weighted by Crippen LogP contribution is -2.10. The van der Waals surface area contributed by atoms with Gasteiger partial charge >= 0.3 is 0 Å². The second-order valence-electron chi connectivity index (χ2n) is 31.1. The molecule has 22 rings (SSSR count). The van der Waals surface area contributed by atoms with E-state index in [1.54, 1.807) is 16.7 Å². The Labute approximate surface area is 622 Å². The summed E-state index contributed by atoms with van der Waals surface area (Å²) in [6.07, 6.45) is 23.3. The molecule has 1 nitrogen and oxygen atoms in total. The summed E-state index contributed by atoms with van der Waals surface area (Å²) in [5.74, 6) is 0.232. The lowest BCUT2D eigenvalue weighted by atomic mass is 9.80. The number of aromatic nitrogens is 1. The van der Waals surface area contributed by atoms with Crippen molar-refractivity contribution in [3.63, 3.8) is 0 Å². The van der Waals surface area contributed by atoms with Gasteiger partial charge in [-0.3, -0.25) is 0 Å². The van der Waals surface area contributed by atoms with Gasteiger partial charge < -0.3 is 4.57 Å². The van der Waals surface area contributed by atoms with Gasteiger partial charge in [0.25, 0.3) is 0 Å². The Morgan fingerprint density at radius 2 is 0.695 bits per heavy atom. The summed E-state index contributed by atoms with van der Waals surface area (Å²) in [6, 6.07) is 103. The second-order valence-corrected chi connectivity index (χ2v) is 33.2. The number of rotatable bonds is 9. The molecule has 0 N–H and O–H groups in total. The zero-order valence-corrected chi connectivity index (χ0v) is 60.9. The predicted octanol–water partition coefficient (Wildman–Crippen LogP) is 28.0. The van der Waals surface area contributed by atoms with Crippen LogP contribution >= 0.6 is 22.7 Å². The van der Waals surface area contributed by atoms with Gasteiger partial charge in [0.05, 0.1) is 11.0 Å². The van der Waals surface area contributed by atoms with Gasteiger partial charge in [0.15, 0.2) is 0 Å². The van der Waals surface area contributed by atoms with Crippen molar-refractivity contribution in [3.05, 3.63) is 333 Å². The fraction of sp³-hybridized carbons (Fsp3) is 0.176. The Morgan fingerprint density at radius 1 is 0.276 bits per heavy atom. The number of fused-ring (bicyclic) bond motifs is 15. The molecule has 5 aliphatic rings. The molecule has 1 atom stereocenters. The first-order chi connectivity index (χ1) is 52.0. The number of hydrogen-bond acceptors (Lipinski definition) is 2. The number of hydrogen-bond donors (Lipinski definition) is 0. The van der Waals surface area contributed by atoms with Gasteiger partial charge in [-0.15, -0.1) is 22.7 Å². The fourth-order valence-corrected chi connectivity index (χ4v) is 22.1. The van der Waals surface area contributed by atoms with Gasteiger partial charge in [-0.25, -0.2) is 0 Å². The molecule has 3 heteroatoms. The smallest absolute Gasteiger partial charge is 0.0541 e. The molecule has 0 bridgehead atoms. The summed E-state index contributed by atoms with van der Waals surface area (Å²) in [5.41, 5.74) is 36.9. The molecule has 17 aromatic rings. The van der Waals surface area contributed by atoms with Gasteiger partial charge in [0, 0.05) is 57.7 Å². The summed E-state index contributed by atoms with van der Waals surface area (Å²) in [6.45, 7) is 0. The van der Waals surface area contributed by atoms with Crippen molar-refractivity contribution in [3.8, 4) is 72.4 Å². The number of allylic oxidation sites excluding steroid dienone is 1. The number of aryl methyl sites for hydroxylation is 8. The molecule has 0 radical (unpaired) electrons. The van der Waals surface area contributed by atoms with Crippen molar-refractivity contribution in [1.29, 1.82) is 0 Å². The largest absolute Gasteiger partial charge is 0.309 e. The van der Waals surface area contributed by atoms with Gasteiger partial charge in [-0.2, -0.15) is 0 Å². The van der Waals surface area contributed by atoms with Gasteiger partial charge in [-0.1, -0.05) is 194 Å². The standard InChI is InChI=1S/C102H79NS2/c1-2-20-66(21-3-1)99-83-26-12-14-28-85(83)100(86-29-15-13-27-84(86)99)67-38-44-82(45-39-67)103-95-46-40-78(87-58-80(74-36-32-64-18-6-10-24-70(64)52-74)60-93-91-54-76(42-48-97(91)104-101(87)93)72-34-30-62-16-4-8-22-68(62)50-72)56-89(95)90-57-79(41-47-96(90)103)88-59-81(75-37-33-65-19-7-11-25-71(65)53-75)61-94-92-55-77(43-49-98(92)105-102(88)94)73-35-31-63-17-5-9-23-69(63)51-73/h1-3,12-15,20-21,26-60,81H,4-11,16-19,22-25,61H2. The molecular formula is C102H79NS2. The Bertz CT molecular complexity index is 6440. The van der Waals surface area contributed by atoms with E-state index in [9.17, 15) is 0 Å². The van der Waals surface area contributed by atoms with E-state index >= 15 is 0 Å². The van der Waals surface area contributed by atoms with E-state index in [0.29, 0.717) is 0 Å². The lowest BCUT2D eigenvalue weighted by Gasteiger charge is -2.25. The minimum atomic E-state index is 0.232. The normalized spacial score (nSPS) is 15.7. The zero-order valence-electron chi connectivity index (χ0n) is 59.3. The maximum Gasteiger partial charge on any atom is 0.0541 e. The highest BCUT2D eigenvalue weighted by Crippen LogP contribution is 2.52. The molecule has 105 heavy (non-hydrogen) atoms. The molecule has 5 aliphatic carbocycles. The highest BCUT2D eigenvalue weighted by molar-refractivity contribution is 7.26. The minimum absolute atomic E-state index is 0.232. The maximum absolute atomic E-state index is 2.68. The average Bonchev–Trinajstić information content (AvgIpc) is 1.05. The third kappa shape index (κ3) is 10.4. The fourth-order valence-electron chi connectivity index (χ4n) is 19.7. The third-order valence-corrected chi connectivity index (χ3v) is 27.5. The van der Waals surface area contributed by atoms with Crippen LogP contribution in [0.15, 0.2) is 267 Å². The van der Waals surface area contributed by atoms with Crippen LogP contribution in [0.1, 0.15) is 123 Å². The van der Waals surface area contributed by atoms with Crippen molar-refractivity contribution in [2.24, 2.45) is 0 Å². The summed E-state index contributed by atoms with van der Waals surface area (Å²) in [4.78, 5) is 1.42. The van der Waals surface area contributed by atoms with E-state index in [2.05, 4.69) is 271 Å². The van der Waals surface area contributed by atoms with Crippen LogP contribution in [-0.4, -0.2) is 4.57 Å². The molecule has 0 saturated heterocycles. The molecule has 0 aliphatic heterocycles. The molecule has 1 unspecified atom stereocenters. The monoisotopic (exact) mass is 1380 g/mol. The SMILES string of the molecule is C1=C(c2ccc3c(c2)c2cc(-c4cc(-c5ccc6c(c5)CCCC6)cc5c4sc4ccc(-c6ccc7c(c6)CCCC7)cc45)ccc2n3-c2ccc(-c3c4ccccc4c(-c4ccccc4)c4ccccc34)cc2)c2sc3ccc(-c4ccc5c(c4)CCCC5)cc3c2CC1c1ccc2c(c1)CCCC2. The van der Waals surface area contributed by atoms with Crippen molar-refractivity contribution in [2.45, 2.75) is 115 Å². The van der Waals surface area contributed by atoms with Crippen molar-refractivity contribution in [1.82, 2.24) is 4.57 Å². The Balaban J connectivity index is 0.749. The van der Waals surface area contributed by atoms with Crippen molar-refractivity contribution >= 4 is 102 Å². The molecular weight excluding hydrogens is 1300 g/mol. The molecule has 3 heterocycles. The zero-order chi connectivity index (χ0) is 68.8. The van der Waals surface area contributed by atoms with E-state index in [1.165, 1.54) is 292 Å². The third-order valence-electron chi connectivity index (χ3n) is 25.0. The highest BCUT2D eigenvalue weighted by atomic mass is 32.1. The Morgan fingerprint density at radius 3 is 1.27 bits per heavy atom. The van der Waals surface area contributed by atoms with E-state index in [4.69, 9.17) is 0 Å². The lowest BCUT2D eigenvalue weighted by molar-refractivity contribution is 0.682. The van der Waals surface area contributed by atoms with Crippen molar-refractivity contribution in [2.75, 3.05) is 0 Å². The molecule has 14 aromatic carbocycles. The number of benzene rings is 14. The first-order valence-electron chi connectivity index (χ1n) is 38.9. The van der Waals surface area contributed by atoms with Crippen LogP contribution in [0.3, 0.4) is 0 Å². The topological polar surface area (TPSA) is 4.93 Å². The quantitative estimate of drug-likeness (QED) is 0.127. The van der Waals surface area contributed by atoms with Crippen LogP contribution in [0.2, 0.25) is 0 Å². The minimum Gasteiger partial charge on any atom is -0.309 e. The van der Waals surface area contributed by atoms with Gasteiger partial charge in [0.2, 0.25) is 0 Å². The predicted molar refractivity (Wildman–Crippen MR) is 450 cm³/mol. The summed E-state index contributed by atoms with van der Waals surface area (Å²) >= 11 is 3.97. The van der Waals surface area contributed by atoms with E-state index in [0.717, 1.165) is 18.5 Å². The van der Waals surface area contributed by atoms with E-state index in [1.807, 2.05) is 22.7 Å². The maximum atomic E-state index is 2.68. The molecule has 0 amide bonds. The summed E-state index contributed by atoms with van der Waals surface area (Å²) < 4.78 is 6.62. The van der Waals surface area contributed by atoms with E-state index in [-0.39, 0.29) is 5.92 Å². The molecule has 0 fully saturated rings. The van der Waals surface area contributed by atoms with Crippen LogP contribution in [0.25, 0.3) is 152 Å².